The summed E-state index contributed by atoms with van der Waals surface area (Å²) in [5.74, 6) is 4.01. The third-order valence-electron chi connectivity index (χ3n) is 5.68. The molecule has 0 bridgehead atoms. The van der Waals surface area contributed by atoms with Crippen LogP contribution in [0.2, 0.25) is 0 Å². The number of aryl methyl sites for hydroxylation is 2. The highest BCUT2D eigenvalue weighted by Crippen LogP contribution is 2.29. The Bertz CT molecular complexity index is 786. The van der Waals surface area contributed by atoms with Crippen molar-refractivity contribution in [2.24, 2.45) is 11.8 Å². The largest absolute Gasteiger partial charge is 0.441 e. The number of carbonyl (C=O) groups is 1. The van der Waals surface area contributed by atoms with Crippen molar-refractivity contribution in [3.05, 3.63) is 41.3 Å². The van der Waals surface area contributed by atoms with E-state index in [0.717, 1.165) is 23.4 Å². The second-order valence-corrected chi connectivity index (χ2v) is 8.81. The third-order valence-corrected chi connectivity index (χ3v) is 6.63. The van der Waals surface area contributed by atoms with Crippen molar-refractivity contribution in [3.63, 3.8) is 0 Å². The van der Waals surface area contributed by atoms with Gasteiger partial charge in [-0.25, -0.2) is 4.98 Å². The number of hydrogen-bond donors (Lipinski definition) is 1. The summed E-state index contributed by atoms with van der Waals surface area (Å²) in [6.45, 7) is 8.54. The molecule has 3 atom stereocenters. The van der Waals surface area contributed by atoms with Crippen LogP contribution in [0.25, 0.3) is 11.5 Å². The molecule has 1 aromatic heterocycles. The van der Waals surface area contributed by atoms with Crippen molar-refractivity contribution < 1.29 is 9.21 Å². The highest BCUT2D eigenvalue weighted by Gasteiger charge is 2.28. The zero-order chi connectivity index (χ0) is 19.4. The molecule has 3 rings (SSSR count). The van der Waals surface area contributed by atoms with E-state index in [2.05, 4.69) is 43.2 Å². The first kappa shape index (κ1) is 20.0. The van der Waals surface area contributed by atoms with E-state index >= 15 is 0 Å². The maximum absolute atomic E-state index is 12.3. The molecule has 4 nitrogen and oxygen atoms in total. The topological polar surface area (TPSA) is 55.1 Å². The monoisotopic (exact) mass is 386 g/mol. The average molecular weight is 387 g/mol. The number of amides is 1. The van der Waals surface area contributed by atoms with Gasteiger partial charge in [0.15, 0.2) is 0 Å². The molecule has 1 amide bonds. The number of aromatic nitrogens is 1. The number of thioether (sulfide) groups is 1. The lowest BCUT2D eigenvalue weighted by Crippen LogP contribution is -2.44. The molecule has 27 heavy (non-hydrogen) atoms. The molecule has 1 saturated carbocycles. The lowest BCUT2D eigenvalue weighted by atomic mass is 9.78. The van der Waals surface area contributed by atoms with Crippen LogP contribution >= 0.6 is 11.8 Å². The van der Waals surface area contributed by atoms with Crippen molar-refractivity contribution in [3.8, 4) is 11.5 Å². The predicted molar refractivity (Wildman–Crippen MR) is 112 cm³/mol. The zero-order valence-corrected chi connectivity index (χ0v) is 17.6. The van der Waals surface area contributed by atoms with E-state index < -0.39 is 0 Å². The summed E-state index contributed by atoms with van der Waals surface area (Å²) in [5, 5.41) is 3.23. The van der Waals surface area contributed by atoms with Crippen LogP contribution in [-0.4, -0.2) is 22.7 Å². The van der Waals surface area contributed by atoms with E-state index in [1.165, 1.54) is 18.4 Å². The van der Waals surface area contributed by atoms with E-state index in [4.69, 9.17) is 4.42 Å². The molecule has 1 aromatic carbocycles. The van der Waals surface area contributed by atoms with Crippen LogP contribution in [0, 0.1) is 25.7 Å². The molecule has 1 aliphatic carbocycles. The Morgan fingerprint density at radius 2 is 2.11 bits per heavy atom. The van der Waals surface area contributed by atoms with Crippen molar-refractivity contribution in [2.75, 3.05) is 5.75 Å². The van der Waals surface area contributed by atoms with Crippen molar-refractivity contribution in [1.29, 1.82) is 0 Å². The van der Waals surface area contributed by atoms with E-state index in [-0.39, 0.29) is 5.91 Å². The highest BCUT2D eigenvalue weighted by molar-refractivity contribution is 7.99. The summed E-state index contributed by atoms with van der Waals surface area (Å²) in [5.41, 5.74) is 3.10. The first-order valence-electron chi connectivity index (χ1n) is 9.84. The van der Waals surface area contributed by atoms with Crippen LogP contribution in [0.3, 0.4) is 0 Å². The lowest BCUT2D eigenvalue weighted by molar-refractivity contribution is -0.119. The fourth-order valence-electron chi connectivity index (χ4n) is 3.74. The summed E-state index contributed by atoms with van der Waals surface area (Å²) in [6.07, 6.45) is 3.59. The first-order chi connectivity index (χ1) is 12.9. The van der Waals surface area contributed by atoms with Gasteiger partial charge in [0.05, 0.1) is 11.4 Å². The fourth-order valence-corrected chi connectivity index (χ4v) is 4.57. The quantitative estimate of drug-likeness (QED) is 0.747. The van der Waals surface area contributed by atoms with Gasteiger partial charge in [-0.3, -0.25) is 4.79 Å². The van der Waals surface area contributed by atoms with E-state index in [0.29, 0.717) is 35.3 Å². The Morgan fingerprint density at radius 3 is 2.89 bits per heavy atom. The van der Waals surface area contributed by atoms with Gasteiger partial charge in [0, 0.05) is 17.4 Å². The molecule has 5 heteroatoms. The maximum atomic E-state index is 12.3. The number of nitrogens with zero attached hydrogens (tertiary/aromatic N) is 1. The van der Waals surface area contributed by atoms with Crippen LogP contribution < -0.4 is 5.32 Å². The third kappa shape index (κ3) is 5.16. The van der Waals surface area contributed by atoms with E-state index in [9.17, 15) is 4.79 Å². The normalized spacial score (nSPS) is 22.6. The molecule has 1 fully saturated rings. The van der Waals surface area contributed by atoms with Gasteiger partial charge in [0.1, 0.15) is 5.76 Å². The van der Waals surface area contributed by atoms with Gasteiger partial charge in [-0.05, 0) is 44.2 Å². The molecule has 0 radical (unpaired) electrons. The van der Waals surface area contributed by atoms with Gasteiger partial charge < -0.3 is 9.73 Å². The summed E-state index contributed by atoms with van der Waals surface area (Å²) < 4.78 is 5.84. The number of rotatable bonds is 6. The molecule has 1 N–H and O–H groups in total. The lowest BCUT2D eigenvalue weighted by Gasteiger charge is -2.34. The van der Waals surface area contributed by atoms with Gasteiger partial charge in [0.25, 0.3) is 0 Å². The molecular weight excluding hydrogens is 356 g/mol. The van der Waals surface area contributed by atoms with Gasteiger partial charge in [-0.15, -0.1) is 11.8 Å². The number of oxazole rings is 1. The Hall–Kier alpha value is -1.75. The molecule has 146 valence electrons. The second kappa shape index (κ2) is 8.96. The van der Waals surface area contributed by atoms with E-state index in [1.54, 1.807) is 11.8 Å². The maximum Gasteiger partial charge on any atom is 0.230 e. The minimum atomic E-state index is 0.131. The van der Waals surface area contributed by atoms with Crippen molar-refractivity contribution in [2.45, 2.75) is 58.8 Å². The average Bonchev–Trinajstić information content (AvgIpc) is 3.00. The molecule has 0 unspecified atom stereocenters. The number of nitrogens with one attached hydrogen (secondary N) is 1. The zero-order valence-electron chi connectivity index (χ0n) is 16.7. The minimum Gasteiger partial charge on any atom is -0.441 e. The second-order valence-electron chi connectivity index (χ2n) is 7.83. The molecule has 2 aromatic rings. The Labute approximate surface area is 166 Å². The van der Waals surface area contributed by atoms with Crippen LogP contribution in [0.1, 0.15) is 50.1 Å². The molecule has 1 aliphatic rings. The molecular formula is C22H30N2O2S. The smallest absolute Gasteiger partial charge is 0.230 e. The van der Waals surface area contributed by atoms with Crippen molar-refractivity contribution in [1.82, 2.24) is 10.3 Å². The van der Waals surface area contributed by atoms with Crippen LogP contribution in [0.4, 0.5) is 0 Å². The fraction of sp³-hybridized carbons (Fsp3) is 0.545. The number of benzene rings is 1. The van der Waals surface area contributed by atoms with Gasteiger partial charge in [-0.1, -0.05) is 44.4 Å². The molecule has 0 spiro atoms. The number of hydrogen-bond acceptors (Lipinski definition) is 4. The standard InChI is InChI=1S/C22H30N2O2S/c1-14-7-5-9-18(11-14)22-24-20(17(4)26-22)12-27-13-21(25)23-19-10-6-8-15(2)16(19)3/h5,7,9,11,15-16,19H,6,8,10,12-13H2,1-4H3,(H,23,25)/t15-,16-,19-/m1/s1. The Balaban J connectivity index is 1.51. The minimum absolute atomic E-state index is 0.131. The van der Waals surface area contributed by atoms with Crippen LogP contribution in [0.15, 0.2) is 28.7 Å². The van der Waals surface area contributed by atoms with Crippen LogP contribution in [-0.2, 0) is 10.5 Å². The first-order valence-corrected chi connectivity index (χ1v) is 11.0. The summed E-state index contributed by atoms with van der Waals surface area (Å²) >= 11 is 1.60. The number of carbonyl (C=O) groups excluding carboxylic acids is 1. The van der Waals surface area contributed by atoms with Crippen molar-refractivity contribution >= 4 is 17.7 Å². The van der Waals surface area contributed by atoms with Gasteiger partial charge >= 0.3 is 0 Å². The molecule has 1 heterocycles. The predicted octanol–water partition coefficient (Wildman–Crippen LogP) is 5.13. The van der Waals surface area contributed by atoms with Gasteiger partial charge in [0.2, 0.25) is 11.8 Å². The molecule has 0 aliphatic heterocycles. The summed E-state index contributed by atoms with van der Waals surface area (Å²) in [4.78, 5) is 17.0. The molecule has 0 saturated heterocycles. The summed E-state index contributed by atoms with van der Waals surface area (Å²) in [6, 6.07) is 8.47. The van der Waals surface area contributed by atoms with E-state index in [1.807, 2.05) is 19.1 Å². The summed E-state index contributed by atoms with van der Waals surface area (Å²) in [7, 11) is 0. The highest BCUT2D eigenvalue weighted by atomic mass is 32.2. The van der Waals surface area contributed by atoms with Gasteiger partial charge in [-0.2, -0.15) is 0 Å². The Morgan fingerprint density at radius 1 is 1.30 bits per heavy atom. The van der Waals surface area contributed by atoms with Crippen LogP contribution in [0.5, 0.6) is 0 Å². The SMILES string of the molecule is Cc1cccc(-c2nc(CSCC(=O)N[C@@H]3CCC[C@@H](C)[C@H]3C)c(C)o2)c1. The Kier molecular flexibility index (Phi) is 6.64.